The topological polar surface area (TPSA) is 27.1 Å². The molecule has 2 nitrogen and oxygen atoms in total. The van der Waals surface area contributed by atoms with E-state index in [1.54, 1.807) is 0 Å². The monoisotopic (exact) mass is 228 g/mol. The van der Waals surface area contributed by atoms with Crippen molar-refractivity contribution in [2.45, 2.75) is 38.1 Å². The Morgan fingerprint density at radius 3 is 2.65 bits per heavy atom. The molecule has 0 bridgehead atoms. The quantitative estimate of drug-likeness (QED) is 0.579. The maximum atomic E-state index is 8.40. The maximum Gasteiger partial charge on any atom is 0.128 e. The predicted molar refractivity (Wildman–Crippen MR) is 70.3 cm³/mol. The Kier molecular flexibility index (Phi) is 2.87. The molecule has 1 aliphatic carbocycles. The molecule has 0 radical (unpaired) electrons. The van der Waals surface area contributed by atoms with E-state index in [4.69, 9.17) is 5.41 Å². The summed E-state index contributed by atoms with van der Waals surface area (Å²) in [6.07, 6.45) is 6.66. The van der Waals surface area contributed by atoms with Crippen LogP contribution in [-0.4, -0.2) is 23.3 Å². The number of hydrogen-bond donors (Lipinski definition) is 1. The van der Waals surface area contributed by atoms with Crippen LogP contribution >= 0.6 is 0 Å². The molecule has 1 N–H and O–H groups in total. The fourth-order valence-corrected chi connectivity index (χ4v) is 3.49. The van der Waals surface area contributed by atoms with Crippen LogP contribution in [0.2, 0.25) is 0 Å². The van der Waals surface area contributed by atoms with Crippen LogP contribution in [0.25, 0.3) is 0 Å². The van der Waals surface area contributed by atoms with Crippen LogP contribution < -0.4 is 0 Å². The highest BCUT2D eigenvalue weighted by atomic mass is 15.2. The van der Waals surface area contributed by atoms with Gasteiger partial charge >= 0.3 is 0 Å². The van der Waals surface area contributed by atoms with Crippen molar-refractivity contribution in [3.05, 3.63) is 35.9 Å². The van der Waals surface area contributed by atoms with E-state index in [-0.39, 0.29) is 0 Å². The van der Waals surface area contributed by atoms with E-state index in [2.05, 4.69) is 17.0 Å². The summed E-state index contributed by atoms with van der Waals surface area (Å²) >= 11 is 0. The summed E-state index contributed by atoms with van der Waals surface area (Å²) in [6.45, 7) is 1.08. The lowest BCUT2D eigenvalue weighted by atomic mass is 9.91. The molecule has 1 heterocycles. The Morgan fingerprint density at radius 2 is 1.82 bits per heavy atom. The lowest BCUT2D eigenvalue weighted by Crippen LogP contribution is -2.46. The number of likely N-dealkylation sites (tertiary alicyclic amines) is 1. The predicted octanol–water partition coefficient (Wildman–Crippen LogP) is 3.28. The molecule has 0 aromatic heterocycles. The van der Waals surface area contributed by atoms with Gasteiger partial charge in [-0.05, 0) is 31.6 Å². The van der Waals surface area contributed by atoms with Crippen LogP contribution in [0.1, 0.15) is 37.7 Å². The van der Waals surface area contributed by atoms with Gasteiger partial charge in [0.1, 0.15) is 5.84 Å². The lowest BCUT2D eigenvalue weighted by molar-refractivity contribution is 0.190. The van der Waals surface area contributed by atoms with E-state index in [9.17, 15) is 0 Å². The van der Waals surface area contributed by atoms with Crippen molar-refractivity contribution >= 4 is 5.84 Å². The Morgan fingerprint density at radius 1 is 1.06 bits per heavy atom. The number of piperidine rings is 1. The van der Waals surface area contributed by atoms with Gasteiger partial charge in [0.15, 0.2) is 0 Å². The number of fused-ring (bicyclic) bond motifs is 1. The molecule has 1 aromatic carbocycles. The van der Waals surface area contributed by atoms with Gasteiger partial charge in [-0.25, -0.2) is 0 Å². The van der Waals surface area contributed by atoms with E-state index in [0.717, 1.165) is 23.9 Å². The van der Waals surface area contributed by atoms with Crippen molar-refractivity contribution in [3.63, 3.8) is 0 Å². The first-order valence-electron chi connectivity index (χ1n) is 6.77. The van der Waals surface area contributed by atoms with Gasteiger partial charge in [0, 0.05) is 18.2 Å². The second-order valence-corrected chi connectivity index (χ2v) is 5.31. The molecule has 2 aliphatic rings. The molecule has 1 aromatic rings. The number of rotatable bonds is 1. The molecule has 2 heteroatoms. The van der Waals surface area contributed by atoms with E-state index < -0.39 is 0 Å². The van der Waals surface area contributed by atoms with Crippen molar-refractivity contribution in [1.82, 2.24) is 4.90 Å². The Labute approximate surface area is 103 Å². The van der Waals surface area contributed by atoms with Crippen LogP contribution in [0, 0.1) is 11.3 Å². The van der Waals surface area contributed by atoms with Crippen LogP contribution in [0.15, 0.2) is 30.3 Å². The summed E-state index contributed by atoms with van der Waals surface area (Å²) in [4.78, 5) is 2.36. The first-order chi connectivity index (χ1) is 8.36. The molecule has 0 spiro atoms. The lowest BCUT2D eigenvalue weighted by Gasteiger charge is -2.39. The summed E-state index contributed by atoms with van der Waals surface area (Å²) in [5, 5.41) is 8.40. The van der Waals surface area contributed by atoms with E-state index >= 15 is 0 Å². The van der Waals surface area contributed by atoms with Crippen LogP contribution in [0.5, 0.6) is 0 Å². The molecule has 2 atom stereocenters. The van der Waals surface area contributed by atoms with Crippen molar-refractivity contribution in [1.29, 1.82) is 5.41 Å². The third-order valence-corrected chi connectivity index (χ3v) is 4.33. The average Bonchev–Trinajstić information content (AvgIpc) is 2.87. The van der Waals surface area contributed by atoms with Gasteiger partial charge < -0.3 is 4.90 Å². The molecule has 1 aliphatic heterocycles. The first-order valence-corrected chi connectivity index (χ1v) is 6.77. The molecule has 0 amide bonds. The molecule has 3 rings (SSSR count). The van der Waals surface area contributed by atoms with E-state index in [0.29, 0.717) is 6.04 Å². The second kappa shape index (κ2) is 4.52. The molecule has 2 fully saturated rings. The fourth-order valence-electron chi connectivity index (χ4n) is 3.49. The Hall–Kier alpha value is -1.31. The smallest absolute Gasteiger partial charge is 0.128 e. The number of nitrogens with one attached hydrogen (secondary N) is 1. The summed E-state index contributed by atoms with van der Waals surface area (Å²) < 4.78 is 0. The molecule has 1 saturated heterocycles. The highest BCUT2D eigenvalue weighted by molar-refractivity contribution is 5.96. The molecule has 1 saturated carbocycles. The van der Waals surface area contributed by atoms with Gasteiger partial charge in [0.25, 0.3) is 0 Å². The van der Waals surface area contributed by atoms with Gasteiger partial charge in [-0.2, -0.15) is 0 Å². The largest absolute Gasteiger partial charge is 0.353 e. The summed E-state index contributed by atoms with van der Waals surface area (Å²) in [7, 11) is 0. The maximum absolute atomic E-state index is 8.40. The van der Waals surface area contributed by atoms with Gasteiger partial charge in [-0.1, -0.05) is 36.8 Å². The number of nitrogens with zero attached hydrogens (tertiary/aromatic N) is 1. The van der Waals surface area contributed by atoms with Crippen LogP contribution in [0.3, 0.4) is 0 Å². The second-order valence-electron chi connectivity index (χ2n) is 5.31. The first kappa shape index (κ1) is 10.8. The number of benzene rings is 1. The Balaban J connectivity index is 1.81. The normalized spacial score (nSPS) is 27.9. The molecule has 2 unspecified atom stereocenters. The number of hydrogen-bond acceptors (Lipinski definition) is 1. The summed E-state index contributed by atoms with van der Waals surface area (Å²) in [6, 6.07) is 10.8. The average molecular weight is 228 g/mol. The minimum Gasteiger partial charge on any atom is -0.353 e. The molecular formula is C15H20N2. The molecule has 17 heavy (non-hydrogen) atoms. The fraction of sp³-hybridized carbons (Fsp3) is 0.533. The SMILES string of the molecule is N=C(c1ccccc1)N1CCCC2CCCC21. The molecule has 90 valence electrons. The van der Waals surface area contributed by atoms with Crippen molar-refractivity contribution < 1.29 is 0 Å². The van der Waals surface area contributed by atoms with Crippen molar-refractivity contribution in [2.24, 2.45) is 5.92 Å². The summed E-state index contributed by atoms with van der Waals surface area (Å²) in [5.41, 5.74) is 1.07. The van der Waals surface area contributed by atoms with Gasteiger partial charge in [-0.15, -0.1) is 0 Å². The summed E-state index contributed by atoms with van der Waals surface area (Å²) in [5.74, 6) is 1.59. The molecular weight excluding hydrogens is 208 g/mol. The third kappa shape index (κ3) is 1.97. The highest BCUT2D eigenvalue weighted by Crippen LogP contribution is 2.37. The number of amidine groups is 1. The van der Waals surface area contributed by atoms with Crippen molar-refractivity contribution in [2.75, 3.05) is 6.54 Å². The minimum absolute atomic E-state index is 0.649. The highest BCUT2D eigenvalue weighted by Gasteiger charge is 2.36. The standard InChI is InChI=1S/C15H20N2/c16-15(13-6-2-1-3-7-13)17-11-5-9-12-8-4-10-14(12)17/h1-3,6-7,12,14,16H,4-5,8-11H2. The Bertz CT molecular complexity index is 399. The van der Waals surface area contributed by atoms with E-state index in [1.807, 2.05) is 18.2 Å². The van der Waals surface area contributed by atoms with Crippen LogP contribution in [0.4, 0.5) is 0 Å². The zero-order valence-corrected chi connectivity index (χ0v) is 10.2. The zero-order chi connectivity index (χ0) is 11.7. The van der Waals surface area contributed by atoms with Gasteiger partial charge in [-0.3, -0.25) is 5.41 Å². The van der Waals surface area contributed by atoms with Crippen molar-refractivity contribution in [3.8, 4) is 0 Å². The van der Waals surface area contributed by atoms with Gasteiger partial charge in [0.05, 0.1) is 0 Å². The van der Waals surface area contributed by atoms with Crippen LogP contribution in [-0.2, 0) is 0 Å². The zero-order valence-electron chi connectivity index (χ0n) is 10.2. The minimum atomic E-state index is 0.649. The third-order valence-electron chi connectivity index (χ3n) is 4.33. The van der Waals surface area contributed by atoms with Gasteiger partial charge in [0.2, 0.25) is 0 Å². The van der Waals surface area contributed by atoms with E-state index in [1.165, 1.54) is 32.1 Å².